The van der Waals surface area contributed by atoms with Gasteiger partial charge in [-0.25, -0.2) is 9.67 Å². The molecule has 8 nitrogen and oxygen atoms in total. The molecule has 3 heterocycles. The second kappa shape index (κ2) is 10.6. The lowest BCUT2D eigenvalue weighted by molar-refractivity contribution is -0.120. The molecule has 1 N–H and O–H groups in total. The molecule has 0 bridgehead atoms. The van der Waals surface area contributed by atoms with Crippen LogP contribution in [0.3, 0.4) is 0 Å². The van der Waals surface area contributed by atoms with Gasteiger partial charge in [0.05, 0.1) is 31.0 Å². The molecular formula is C27H25N5O3S. The van der Waals surface area contributed by atoms with Gasteiger partial charge in [-0.2, -0.15) is 5.10 Å². The minimum atomic E-state index is -0.205. The van der Waals surface area contributed by atoms with E-state index in [4.69, 9.17) is 9.72 Å². The SMILES string of the molecule is CCOc1ccc(-c2cn3c(CC(=O)NCCn4nc(-c5ccccc5)ccc4=O)csc3n2)cc1. The number of fused-ring (bicyclic) bond motifs is 1. The number of carbonyl (C=O) groups is 1. The van der Waals surface area contributed by atoms with E-state index in [0.29, 0.717) is 18.8 Å². The molecule has 0 fully saturated rings. The molecule has 5 rings (SSSR count). The van der Waals surface area contributed by atoms with Crippen molar-refractivity contribution < 1.29 is 9.53 Å². The van der Waals surface area contributed by atoms with Crippen LogP contribution in [0.15, 0.2) is 83.1 Å². The van der Waals surface area contributed by atoms with Crippen LogP contribution in [0, 0.1) is 0 Å². The Balaban J connectivity index is 1.21. The van der Waals surface area contributed by atoms with Crippen molar-refractivity contribution in [2.75, 3.05) is 13.2 Å². The van der Waals surface area contributed by atoms with E-state index in [0.717, 1.165) is 33.2 Å². The lowest BCUT2D eigenvalue weighted by atomic mass is 10.1. The fourth-order valence-electron chi connectivity index (χ4n) is 3.88. The van der Waals surface area contributed by atoms with E-state index < -0.39 is 0 Å². The molecule has 0 spiro atoms. The van der Waals surface area contributed by atoms with Crippen molar-refractivity contribution in [1.82, 2.24) is 24.5 Å². The number of ether oxygens (including phenoxy) is 1. The first-order valence-electron chi connectivity index (χ1n) is 11.7. The molecular weight excluding hydrogens is 474 g/mol. The van der Waals surface area contributed by atoms with Crippen molar-refractivity contribution in [2.24, 2.45) is 0 Å². The van der Waals surface area contributed by atoms with Gasteiger partial charge in [-0.1, -0.05) is 30.3 Å². The first-order chi connectivity index (χ1) is 17.6. The van der Waals surface area contributed by atoms with E-state index in [1.165, 1.54) is 22.1 Å². The van der Waals surface area contributed by atoms with E-state index in [1.807, 2.05) is 77.5 Å². The zero-order valence-electron chi connectivity index (χ0n) is 19.8. The van der Waals surface area contributed by atoms with Gasteiger partial charge in [-0.15, -0.1) is 11.3 Å². The highest BCUT2D eigenvalue weighted by molar-refractivity contribution is 7.15. The Morgan fingerprint density at radius 1 is 1.00 bits per heavy atom. The Labute approximate surface area is 211 Å². The summed E-state index contributed by atoms with van der Waals surface area (Å²) in [6, 6.07) is 20.7. The van der Waals surface area contributed by atoms with Gasteiger partial charge in [0.1, 0.15) is 5.75 Å². The molecule has 0 aliphatic heterocycles. The zero-order valence-corrected chi connectivity index (χ0v) is 20.6. The number of nitrogens with one attached hydrogen (secondary N) is 1. The summed E-state index contributed by atoms with van der Waals surface area (Å²) in [5, 5.41) is 9.28. The summed E-state index contributed by atoms with van der Waals surface area (Å²) in [4.78, 5) is 30.4. The van der Waals surface area contributed by atoms with Crippen molar-refractivity contribution in [3.8, 4) is 28.3 Å². The van der Waals surface area contributed by atoms with Crippen LogP contribution in [0.2, 0.25) is 0 Å². The van der Waals surface area contributed by atoms with Crippen LogP contribution in [0.25, 0.3) is 27.5 Å². The summed E-state index contributed by atoms with van der Waals surface area (Å²) in [7, 11) is 0. The van der Waals surface area contributed by atoms with E-state index in [-0.39, 0.29) is 24.4 Å². The van der Waals surface area contributed by atoms with Crippen LogP contribution >= 0.6 is 11.3 Å². The Hall–Kier alpha value is -4.24. The summed E-state index contributed by atoms with van der Waals surface area (Å²) in [6.07, 6.45) is 2.16. The summed E-state index contributed by atoms with van der Waals surface area (Å²) >= 11 is 1.50. The quantitative estimate of drug-likeness (QED) is 0.331. The fraction of sp³-hybridized carbons (Fsp3) is 0.185. The van der Waals surface area contributed by atoms with Crippen LogP contribution in [-0.4, -0.2) is 38.2 Å². The number of nitrogens with zero attached hydrogens (tertiary/aromatic N) is 4. The summed E-state index contributed by atoms with van der Waals surface area (Å²) < 4.78 is 8.83. The third-order valence-corrected chi connectivity index (χ3v) is 6.56. The van der Waals surface area contributed by atoms with Crippen molar-refractivity contribution in [3.63, 3.8) is 0 Å². The third-order valence-electron chi connectivity index (χ3n) is 5.67. The molecule has 0 radical (unpaired) electrons. The molecule has 1 amide bonds. The van der Waals surface area contributed by atoms with Crippen LogP contribution < -0.4 is 15.6 Å². The summed E-state index contributed by atoms with van der Waals surface area (Å²) in [5.74, 6) is 0.696. The van der Waals surface area contributed by atoms with Gasteiger partial charge in [-0.3, -0.25) is 14.0 Å². The second-order valence-corrected chi connectivity index (χ2v) is 8.97. The highest BCUT2D eigenvalue weighted by Crippen LogP contribution is 2.25. The van der Waals surface area contributed by atoms with Crippen LogP contribution in [-0.2, 0) is 17.8 Å². The number of hydrogen-bond donors (Lipinski definition) is 1. The summed E-state index contributed by atoms with van der Waals surface area (Å²) in [5.41, 5.74) is 4.13. The number of rotatable bonds is 9. The molecule has 0 saturated heterocycles. The largest absolute Gasteiger partial charge is 0.494 e. The van der Waals surface area contributed by atoms with Crippen molar-refractivity contribution in [1.29, 1.82) is 0 Å². The Morgan fingerprint density at radius 3 is 2.56 bits per heavy atom. The van der Waals surface area contributed by atoms with Gasteiger partial charge < -0.3 is 10.1 Å². The number of benzene rings is 2. The molecule has 3 aromatic heterocycles. The van der Waals surface area contributed by atoms with Gasteiger partial charge in [0, 0.05) is 41.0 Å². The van der Waals surface area contributed by atoms with Crippen LogP contribution in [0.4, 0.5) is 0 Å². The minimum absolute atomic E-state index is 0.127. The van der Waals surface area contributed by atoms with E-state index in [2.05, 4.69) is 10.4 Å². The molecule has 9 heteroatoms. The highest BCUT2D eigenvalue weighted by Gasteiger charge is 2.13. The molecule has 0 atom stereocenters. The molecule has 2 aromatic carbocycles. The third kappa shape index (κ3) is 5.21. The average molecular weight is 500 g/mol. The number of amides is 1. The minimum Gasteiger partial charge on any atom is -0.494 e. The van der Waals surface area contributed by atoms with E-state index >= 15 is 0 Å². The predicted octanol–water partition coefficient (Wildman–Crippen LogP) is 4.04. The molecule has 0 unspecified atom stereocenters. The molecule has 0 saturated carbocycles. The first-order valence-corrected chi connectivity index (χ1v) is 12.6. The van der Waals surface area contributed by atoms with Gasteiger partial charge in [-0.05, 0) is 37.3 Å². The maximum atomic E-state index is 12.6. The molecule has 36 heavy (non-hydrogen) atoms. The molecule has 0 aliphatic rings. The number of hydrogen-bond acceptors (Lipinski definition) is 6. The fourth-order valence-corrected chi connectivity index (χ4v) is 4.76. The molecule has 182 valence electrons. The van der Waals surface area contributed by atoms with Crippen LogP contribution in [0.1, 0.15) is 12.6 Å². The molecule has 5 aromatic rings. The maximum Gasteiger partial charge on any atom is 0.266 e. The van der Waals surface area contributed by atoms with Crippen molar-refractivity contribution >= 4 is 22.2 Å². The normalized spacial score (nSPS) is 11.0. The van der Waals surface area contributed by atoms with Crippen molar-refractivity contribution in [2.45, 2.75) is 19.9 Å². The monoisotopic (exact) mass is 499 g/mol. The lowest BCUT2D eigenvalue weighted by Gasteiger charge is -2.08. The van der Waals surface area contributed by atoms with E-state index in [1.54, 1.807) is 6.07 Å². The van der Waals surface area contributed by atoms with E-state index in [9.17, 15) is 9.59 Å². The predicted molar refractivity (Wildman–Crippen MR) is 140 cm³/mol. The second-order valence-electron chi connectivity index (χ2n) is 8.14. The molecule has 0 aliphatic carbocycles. The lowest BCUT2D eigenvalue weighted by Crippen LogP contribution is -2.32. The zero-order chi connectivity index (χ0) is 24.9. The Bertz CT molecular complexity index is 1540. The number of imidazole rings is 1. The van der Waals surface area contributed by atoms with Gasteiger partial charge >= 0.3 is 0 Å². The summed E-state index contributed by atoms with van der Waals surface area (Å²) in [6.45, 7) is 3.17. The number of aromatic nitrogens is 4. The highest BCUT2D eigenvalue weighted by atomic mass is 32.1. The Morgan fingerprint density at radius 2 is 1.78 bits per heavy atom. The van der Waals surface area contributed by atoms with Crippen LogP contribution in [0.5, 0.6) is 5.75 Å². The number of carbonyl (C=O) groups excluding carboxylic acids is 1. The average Bonchev–Trinajstić information content (AvgIpc) is 3.48. The maximum absolute atomic E-state index is 12.6. The van der Waals surface area contributed by atoms with Crippen molar-refractivity contribution in [3.05, 3.63) is 94.4 Å². The van der Waals surface area contributed by atoms with Gasteiger partial charge in [0.2, 0.25) is 5.91 Å². The van der Waals surface area contributed by atoms with Gasteiger partial charge in [0.25, 0.3) is 5.56 Å². The first kappa shape index (κ1) is 23.5. The smallest absolute Gasteiger partial charge is 0.266 e. The topological polar surface area (TPSA) is 90.5 Å². The Kier molecular flexibility index (Phi) is 6.90. The van der Waals surface area contributed by atoms with Gasteiger partial charge in [0.15, 0.2) is 4.96 Å². The standard InChI is InChI=1S/C27H25N5O3S/c1-2-35-22-10-8-20(9-11-22)24-17-31-21(18-36-27(31)29-24)16-25(33)28-14-15-32-26(34)13-12-23(30-32)19-6-4-3-5-7-19/h3-13,17-18H,2,14-16H2,1H3,(H,28,33). The number of thiazole rings is 1.